The monoisotopic (exact) mass is 499 g/mol. The summed E-state index contributed by atoms with van der Waals surface area (Å²) in [6.45, 7) is 2.71. The Labute approximate surface area is 214 Å². The number of thioether (sulfide) groups is 1. The Hall–Kier alpha value is -1.83. The highest BCUT2D eigenvalue weighted by Gasteiger charge is 2.34. The Balaban J connectivity index is 1.34. The number of carbonyl (C=O) groups is 1. The second kappa shape index (κ2) is 12.9. The standard InChI is InChI=1S/C28H41N3O3S/c1-29-26(23-12-14-30-27-11-9-21(34-2)18-24(23)27)10-8-20-13-15-31(19-25(20)28(32)33)16-17-35-22-6-4-3-5-7-22/h9,11-12,14,18,20,22,25-26,29H,3-8,10,13,15-17,19H2,1-2H3,(H,32,33)/t20-,25+,26?/m1/s1. The van der Waals surface area contributed by atoms with Crippen LogP contribution in [0.2, 0.25) is 0 Å². The molecule has 0 spiro atoms. The number of piperidine rings is 1. The molecule has 2 heterocycles. The summed E-state index contributed by atoms with van der Waals surface area (Å²) in [6.07, 6.45) is 11.5. The van der Waals surface area contributed by atoms with Gasteiger partial charge in [0.2, 0.25) is 0 Å². The van der Waals surface area contributed by atoms with E-state index in [0.29, 0.717) is 6.54 Å². The van der Waals surface area contributed by atoms with Crippen LogP contribution in [0.25, 0.3) is 10.9 Å². The van der Waals surface area contributed by atoms with Crippen molar-refractivity contribution >= 4 is 28.6 Å². The highest BCUT2D eigenvalue weighted by molar-refractivity contribution is 7.99. The van der Waals surface area contributed by atoms with Crippen LogP contribution in [0.4, 0.5) is 0 Å². The molecule has 1 aliphatic heterocycles. The molecule has 1 unspecified atom stereocenters. The minimum Gasteiger partial charge on any atom is -0.497 e. The maximum Gasteiger partial charge on any atom is 0.308 e. The van der Waals surface area contributed by atoms with E-state index in [9.17, 15) is 9.90 Å². The Morgan fingerprint density at radius 1 is 1.26 bits per heavy atom. The van der Waals surface area contributed by atoms with E-state index >= 15 is 0 Å². The lowest BCUT2D eigenvalue weighted by molar-refractivity contribution is -0.146. The number of fused-ring (bicyclic) bond motifs is 1. The van der Waals surface area contributed by atoms with Gasteiger partial charge in [0, 0.05) is 41.7 Å². The second-order valence-corrected chi connectivity index (χ2v) is 11.5. The zero-order chi connectivity index (χ0) is 24.6. The van der Waals surface area contributed by atoms with Gasteiger partial charge in [0.05, 0.1) is 18.5 Å². The van der Waals surface area contributed by atoms with Crippen LogP contribution in [0.1, 0.15) is 63.0 Å². The SMILES string of the molecule is CNC(CC[C@@H]1CCN(CCSC2CCCCC2)C[C@@H]1C(=O)O)c1ccnc2ccc(OC)cc12. The van der Waals surface area contributed by atoms with Crippen molar-refractivity contribution in [3.8, 4) is 5.75 Å². The van der Waals surface area contributed by atoms with E-state index in [1.807, 2.05) is 31.4 Å². The van der Waals surface area contributed by atoms with Gasteiger partial charge in [-0.2, -0.15) is 11.8 Å². The van der Waals surface area contributed by atoms with Gasteiger partial charge >= 0.3 is 5.97 Å². The number of hydrogen-bond acceptors (Lipinski definition) is 6. The molecule has 192 valence electrons. The van der Waals surface area contributed by atoms with Crippen LogP contribution in [-0.2, 0) is 4.79 Å². The summed E-state index contributed by atoms with van der Waals surface area (Å²) in [5.74, 6) is 1.24. The lowest BCUT2D eigenvalue weighted by Gasteiger charge is -2.37. The van der Waals surface area contributed by atoms with Gasteiger partial charge in [-0.05, 0) is 81.4 Å². The first-order valence-corrected chi connectivity index (χ1v) is 14.3. The molecule has 3 atom stereocenters. The van der Waals surface area contributed by atoms with Gasteiger partial charge in [0.25, 0.3) is 0 Å². The number of nitrogens with zero attached hydrogens (tertiary/aromatic N) is 2. The number of likely N-dealkylation sites (tertiary alicyclic amines) is 1. The van der Waals surface area contributed by atoms with Gasteiger partial charge < -0.3 is 20.1 Å². The van der Waals surface area contributed by atoms with Crippen LogP contribution < -0.4 is 10.1 Å². The van der Waals surface area contributed by atoms with Crippen LogP contribution in [0.15, 0.2) is 30.5 Å². The van der Waals surface area contributed by atoms with Crippen LogP contribution in [0, 0.1) is 11.8 Å². The molecule has 1 aromatic heterocycles. The lowest BCUT2D eigenvalue weighted by atomic mass is 9.81. The molecule has 0 radical (unpaired) electrons. The van der Waals surface area contributed by atoms with Crippen molar-refractivity contribution in [1.82, 2.24) is 15.2 Å². The molecule has 1 saturated carbocycles. The van der Waals surface area contributed by atoms with Crippen molar-refractivity contribution in [3.63, 3.8) is 0 Å². The molecular formula is C28H41N3O3S. The number of aliphatic carboxylic acids is 1. The number of aromatic nitrogens is 1. The molecule has 35 heavy (non-hydrogen) atoms. The third kappa shape index (κ3) is 6.89. The summed E-state index contributed by atoms with van der Waals surface area (Å²) >= 11 is 2.11. The third-order valence-corrected chi connectivity index (χ3v) is 9.36. The number of ether oxygens (including phenoxy) is 1. The summed E-state index contributed by atoms with van der Waals surface area (Å²) in [4.78, 5) is 19.1. The smallest absolute Gasteiger partial charge is 0.308 e. The van der Waals surface area contributed by atoms with Crippen LogP contribution in [0.3, 0.4) is 0 Å². The van der Waals surface area contributed by atoms with Gasteiger partial charge in [0.15, 0.2) is 0 Å². The zero-order valence-electron chi connectivity index (χ0n) is 21.2. The first-order valence-electron chi connectivity index (χ1n) is 13.3. The molecule has 1 aromatic carbocycles. The fourth-order valence-corrected chi connectivity index (χ4v) is 7.25. The quantitative estimate of drug-likeness (QED) is 0.430. The van der Waals surface area contributed by atoms with Gasteiger partial charge in [-0.1, -0.05) is 19.3 Å². The van der Waals surface area contributed by atoms with E-state index in [1.54, 1.807) is 7.11 Å². The molecule has 1 aliphatic carbocycles. The summed E-state index contributed by atoms with van der Waals surface area (Å²) in [6, 6.07) is 8.20. The molecular weight excluding hydrogens is 458 g/mol. The molecule has 2 fully saturated rings. The molecule has 2 aliphatic rings. The number of nitrogens with one attached hydrogen (secondary N) is 1. The van der Waals surface area contributed by atoms with E-state index in [4.69, 9.17) is 4.74 Å². The first-order chi connectivity index (χ1) is 17.1. The minimum absolute atomic E-state index is 0.145. The predicted molar refractivity (Wildman–Crippen MR) is 144 cm³/mol. The maximum absolute atomic E-state index is 12.2. The Morgan fingerprint density at radius 3 is 2.83 bits per heavy atom. The number of hydrogen-bond donors (Lipinski definition) is 2. The third-order valence-electron chi connectivity index (χ3n) is 8.00. The lowest BCUT2D eigenvalue weighted by Crippen LogP contribution is -2.44. The molecule has 0 bridgehead atoms. The first kappa shape index (κ1) is 26.2. The molecule has 1 saturated heterocycles. The average molecular weight is 500 g/mol. The van der Waals surface area contributed by atoms with Gasteiger partial charge in [0.1, 0.15) is 5.75 Å². The van der Waals surface area contributed by atoms with Crippen LogP contribution in [-0.4, -0.2) is 65.8 Å². The molecule has 7 heteroatoms. The van der Waals surface area contributed by atoms with Crippen molar-refractivity contribution < 1.29 is 14.6 Å². The fourth-order valence-electron chi connectivity index (χ4n) is 5.89. The van der Waals surface area contributed by atoms with Crippen molar-refractivity contribution in [2.24, 2.45) is 11.8 Å². The van der Waals surface area contributed by atoms with Gasteiger partial charge in [-0.3, -0.25) is 9.78 Å². The molecule has 6 nitrogen and oxygen atoms in total. The Kier molecular flexibility index (Phi) is 9.69. The molecule has 4 rings (SSSR count). The highest BCUT2D eigenvalue weighted by atomic mass is 32.2. The molecule has 0 amide bonds. The highest BCUT2D eigenvalue weighted by Crippen LogP contribution is 2.34. The van der Waals surface area contributed by atoms with Crippen molar-refractivity contribution in [1.29, 1.82) is 0 Å². The van der Waals surface area contributed by atoms with Crippen molar-refractivity contribution in [2.45, 2.75) is 62.7 Å². The van der Waals surface area contributed by atoms with E-state index in [0.717, 1.165) is 60.0 Å². The van der Waals surface area contributed by atoms with Gasteiger partial charge in [-0.25, -0.2) is 0 Å². The second-order valence-electron chi connectivity index (χ2n) is 10.1. The number of rotatable bonds is 11. The van der Waals surface area contributed by atoms with Gasteiger partial charge in [-0.15, -0.1) is 0 Å². The largest absolute Gasteiger partial charge is 0.497 e. The summed E-state index contributed by atoms with van der Waals surface area (Å²) < 4.78 is 5.44. The minimum atomic E-state index is -0.639. The molecule has 2 N–H and O–H groups in total. The fraction of sp³-hybridized carbons (Fsp3) is 0.643. The summed E-state index contributed by atoms with van der Waals surface area (Å²) in [5.41, 5.74) is 2.15. The summed E-state index contributed by atoms with van der Waals surface area (Å²) in [5, 5.41) is 15.4. The van der Waals surface area contributed by atoms with E-state index in [2.05, 4.69) is 33.0 Å². The summed E-state index contributed by atoms with van der Waals surface area (Å²) in [7, 11) is 3.66. The molecule has 2 aromatic rings. The maximum atomic E-state index is 12.2. The normalized spacial score (nSPS) is 22.8. The number of pyridine rings is 1. The Bertz CT molecular complexity index is 966. The number of carboxylic acid groups (broad SMARTS) is 1. The average Bonchev–Trinajstić information content (AvgIpc) is 2.89. The number of carboxylic acids is 1. The Morgan fingerprint density at radius 2 is 2.09 bits per heavy atom. The van der Waals surface area contributed by atoms with E-state index < -0.39 is 5.97 Å². The number of methoxy groups -OCH3 is 1. The van der Waals surface area contributed by atoms with Crippen LogP contribution in [0.5, 0.6) is 5.75 Å². The number of benzene rings is 1. The van der Waals surface area contributed by atoms with E-state index in [1.165, 1.54) is 37.7 Å². The van der Waals surface area contributed by atoms with Crippen molar-refractivity contribution in [3.05, 3.63) is 36.0 Å². The van der Waals surface area contributed by atoms with Crippen molar-refractivity contribution in [2.75, 3.05) is 39.5 Å². The topological polar surface area (TPSA) is 74.7 Å². The predicted octanol–water partition coefficient (Wildman–Crippen LogP) is 5.37. The zero-order valence-corrected chi connectivity index (χ0v) is 22.1. The van der Waals surface area contributed by atoms with Crippen LogP contribution >= 0.6 is 11.8 Å². The van der Waals surface area contributed by atoms with E-state index in [-0.39, 0.29) is 17.9 Å².